The highest BCUT2D eigenvalue weighted by molar-refractivity contribution is 5.78. The predicted molar refractivity (Wildman–Crippen MR) is 101 cm³/mol. The number of hydrogen-bond acceptors (Lipinski definition) is 3. The van der Waals surface area contributed by atoms with E-state index in [1.54, 1.807) is 0 Å². The quantitative estimate of drug-likeness (QED) is 0.594. The van der Waals surface area contributed by atoms with Gasteiger partial charge in [-0.25, -0.2) is 0 Å². The molecule has 0 radical (unpaired) electrons. The molecule has 1 aliphatic heterocycles. The van der Waals surface area contributed by atoms with Gasteiger partial charge in [-0.1, -0.05) is 12.1 Å². The molecule has 5 heteroatoms. The zero-order chi connectivity index (χ0) is 17.4. The maximum Gasteiger partial charge on any atom is 0.188 e. The monoisotopic (exact) mass is 332 g/mol. The van der Waals surface area contributed by atoms with Gasteiger partial charge in [0.2, 0.25) is 0 Å². The number of nitrogens with zero attached hydrogens (tertiary/aromatic N) is 2. The fraction of sp³-hybridized carbons (Fsp3) is 0.632. The Hall–Kier alpha value is -1.75. The van der Waals surface area contributed by atoms with Gasteiger partial charge in [0.25, 0.3) is 0 Å². The number of rotatable bonds is 7. The Bertz CT molecular complexity index is 513. The molecule has 0 aromatic heterocycles. The third kappa shape index (κ3) is 7.21. The number of benzene rings is 1. The molecule has 134 valence electrons. The van der Waals surface area contributed by atoms with Crippen molar-refractivity contribution in [2.75, 3.05) is 32.8 Å². The lowest BCUT2D eigenvalue weighted by atomic mass is 10.1. The van der Waals surface area contributed by atoms with Crippen molar-refractivity contribution in [2.24, 2.45) is 10.7 Å². The van der Waals surface area contributed by atoms with E-state index < -0.39 is 0 Å². The predicted octanol–water partition coefficient (Wildman–Crippen LogP) is 2.41. The first-order valence-electron chi connectivity index (χ1n) is 8.94. The number of aliphatic imine (C=N–C) groups is 1. The minimum absolute atomic E-state index is 0.0539. The third-order valence-electron chi connectivity index (χ3n) is 3.98. The Balaban J connectivity index is 1.68. The summed E-state index contributed by atoms with van der Waals surface area (Å²) in [7, 11) is 0. The molecule has 1 heterocycles. The van der Waals surface area contributed by atoms with E-state index in [9.17, 15) is 0 Å². The average Bonchev–Trinajstić information content (AvgIpc) is 3.00. The van der Waals surface area contributed by atoms with Crippen LogP contribution in [-0.4, -0.2) is 49.2 Å². The molecule has 1 fully saturated rings. The zero-order valence-corrected chi connectivity index (χ0v) is 15.3. The largest absolute Gasteiger partial charge is 0.492 e. The summed E-state index contributed by atoms with van der Waals surface area (Å²) in [5.74, 6) is 1.44. The van der Waals surface area contributed by atoms with Crippen molar-refractivity contribution in [3.63, 3.8) is 0 Å². The summed E-state index contributed by atoms with van der Waals surface area (Å²) < 4.78 is 5.82. The van der Waals surface area contributed by atoms with Gasteiger partial charge in [-0.3, -0.25) is 9.89 Å². The van der Waals surface area contributed by atoms with E-state index in [0.717, 1.165) is 25.3 Å². The molecule has 3 N–H and O–H groups in total. The number of likely N-dealkylation sites (tertiary alicyclic amines) is 1. The summed E-state index contributed by atoms with van der Waals surface area (Å²) in [6, 6.07) is 8.29. The highest BCUT2D eigenvalue weighted by atomic mass is 16.5. The Morgan fingerprint density at radius 3 is 2.50 bits per heavy atom. The first-order valence-corrected chi connectivity index (χ1v) is 8.94. The lowest BCUT2D eigenvalue weighted by Crippen LogP contribution is -2.45. The maximum absolute atomic E-state index is 5.87. The van der Waals surface area contributed by atoms with Crippen LogP contribution in [-0.2, 0) is 6.42 Å². The van der Waals surface area contributed by atoms with Crippen molar-refractivity contribution in [2.45, 2.75) is 45.6 Å². The zero-order valence-electron chi connectivity index (χ0n) is 15.3. The Kier molecular flexibility index (Phi) is 6.91. The highest BCUT2D eigenvalue weighted by Crippen LogP contribution is 2.13. The van der Waals surface area contributed by atoms with Crippen molar-refractivity contribution < 1.29 is 4.74 Å². The van der Waals surface area contributed by atoms with Crippen LogP contribution < -0.4 is 15.8 Å². The summed E-state index contributed by atoms with van der Waals surface area (Å²) in [5.41, 5.74) is 7.06. The lowest BCUT2D eigenvalue weighted by molar-refractivity contribution is 0.238. The summed E-state index contributed by atoms with van der Waals surface area (Å²) in [6.45, 7) is 11.1. The minimum Gasteiger partial charge on any atom is -0.492 e. The number of nitrogens with one attached hydrogen (secondary N) is 1. The molecule has 2 rings (SSSR count). The van der Waals surface area contributed by atoms with Crippen LogP contribution in [0.25, 0.3) is 0 Å². The van der Waals surface area contributed by atoms with Crippen molar-refractivity contribution in [1.82, 2.24) is 10.2 Å². The van der Waals surface area contributed by atoms with Crippen LogP contribution in [0.3, 0.4) is 0 Å². The molecular weight excluding hydrogens is 300 g/mol. The van der Waals surface area contributed by atoms with Gasteiger partial charge in [0.05, 0.1) is 0 Å². The summed E-state index contributed by atoms with van der Waals surface area (Å²) >= 11 is 0. The van der Waals surface area contributed by atoms with Gasteiger partial charge < -0.3 is 15.8 Å². The first-order chi connectivity index (χ1) is 11.4. The fourth-order valence-corrected chi connectivity index (χ4v) is 2.78. The van der Waals surface area contributed by atoms with Gasteiger partial charge in [-0.2, -0.15) is 0 Å². The van der Waals surface area contributed by atoms with Crippen LogP contribution in [0.5, 0.6) is 5.75 Å². The van der Waals surface area contributed by atoms with Crippen molar-refractivity contribution in [1.29, 1.82) is 0 Å². The van der Waals surface area contributed by atoms with E-state index in [1.807, 2.05) is 12.1 Å². The van der Waals surface area contributed by atoms with Crippen molar-refractivity contribution in [3.05, 3.63) is 29.8 Å². The van der Waals surface area contributed by atoms with Crippen molar-refractivity contribution >= 4 is 5.96 Å². The lowest BCUT2D eigenvalue weighted by Gasteiger charge is -2.20. The molecule has 0 aliphatic carbocycles. The van der Waals surface area contributed by atoms with Gasteiger partial charge in [-0.15, -0.1) is 0 Å². The Labute approximate surface area is 146 Å². The summed E-state index contributed by atoms with van der Waals surface area (Å²) in [6.07, 6.45) is 3.53. The van der Waals surface area contributed by atoms with Gasteiger partial charge in [0, 0.05) is 18.6 Å². The van der Waals surface area contributed by atoms with Crippen LogP contribution in [0.4, 0.5) is 0 Å². The second kappa shape index (κ2) is 8.92. The molecule has 1 aromatic carbocycles. The van der Waals surface area contributed by atoms with Gasteiger partial charge in [0.15, 0.2) is 5.96 Å². The van der Waals surface area contributed by atoms with Crippen molar-refractivity contribution in [3.8, 4) is 5.75 Å². The smallest absolute Gasteiger partial charge is 0.188 e. The second-order valence-electron chi connectivity index (χ2n) is 7.43. The number of guanidine groups is 1. The van der Waals surface area contributed by atoms with Crippen LogP contribution in [0.2, 0.25) is 0 Å². The van der Waals surface area contributed by atoms with E-state index in [0.29, 0.717) is 12.5 Å². The fourth-order valence-electron chi connectivity index (χ4n) is 2.78. The SMILES string of the molecule is CC(C)(C)NC(N)=NCCc1ccc(OCCN2CCCC2)cc1. The molecule has 1 aliphatic rings. The van der Waals surface area contributed by atoms with Gasteiger partial charge in [0.1, 0.15) is 12.4 Å². The van der Waals surface area contributed by atoms with E-state index in [2.05, 4.69) is 48.1 Å². The number of ether oxygens (including phenoxy) is 1. The average molecular weight is 332 g/mol. The van der Waals surface area contributed by atoms with Gasteiger partial charge >= 0.3 is 0 Å². The molecule has 0 unspecified atom stereocenters. The van der Waals surface area contributed by atoms with Crippen LogP contribution in [0, 0.1) is 0 Å². The number of hydrogen-bond donors (Lipinski definition) is 2. The van der Waals surface area contributed by atoms with Crippen LogP contribution in [0.1, 0.15) is 39.2 Å². The topological polar surface area (TPSA) is 62.9 Å². The van der Waals surface area contributed by atoms with E-state index >= 15 is 0 Å². The maximum atomic E-state index is 5.87. The molecule has 0 spiro atoms. The molecule has 0 bridgehead atoms. The summed E-state index contributed by atoms with van der Waals surface area (Å²) in [4.78, 5) is 6.83. The molecule has 24 heavy (non-hydrogen) atoms. The standard InChI is InChI=1S/C19H32N4O/c1-19(2,3)22-18(20)21-11-10-16-6-8-17(9-7-16)24-15-14-23-12-4-5-13-23/h6-9H,4-5,10-15H2,1-3H3,(H3,20,21,22). The molecular formula is C19H32N4O. The van der Waals surface area contributed by atoms with E-state index in [4.69, 9.17) is 10.5 Å². The van der Waals surface area contributed by atoms with E-state index in [1.165, 1.54) is 31.5 Å². The number of nitrogens with two attached hydrogens (primary N) is 1. The molecule has 5 nitrogen and oxygen atoms in total. The first kappa shape index (κ1) is 18.6. The third-order valence-corrected chi connectivity index (χ3v) is 3.98. The second-order valence-corrected chi connectivity index (χ2v) is 7.43. The Morgan fingerprint density at radius 1 is 1.21 bits per heavy atom. The van der Waals surface area contributed by atoms with Gasteiger partial charge in [-0.05, 0) is 70.8 Å². The summed E-state index contributed by atoms with van der Waals surface area (Å²) in [5, 5.41) is 3.16. The molecule has 1 aromatic rings. The molecule has 0 saturated carbocycles. The Morgan fingerprint density at radius 2 is 1.88 bits per heavy atom. The molecule has 1 saturated heterocycles. The van der Waals surface area contributed by atoms with E-state index in [-0.39, 0.29) is 5.54 Å². The molecule has 0 amide bonds. The minimum atomic E-state index is -0.0539. The van der Waals surface area contributed by atoms with Crippen LogP contribution in [0.15, 0.2) is 29.3 Å². The van der Waals surface area contributed by atoms with Crippen LogP contribution >= 0.6 is 0 Å². The molecule has 0 atom stereocenters. The highest BCUT2D eigenvalue weighted by Gasteiger charge is 2.11. The normalized spacial score (nSPS) is 16.4.